The van der Waals surface area contributed by atoms with Gasteiger partial charge in [-0.3, -0.25) is 4.79 Å². The number of carbonyl (C=O) groups excluding carboxylic acids is 2. The highest BCUT2D eigenvalue weighted by Crippen LogP contribution is 2.10. The van der Waals surface area contributed by atoms with Gasteiger partial charge in [0.15, 0.2) is 0 Å². The molecule has 0 radical (unpaired) electrons. The number of ether oxygens (including phenoxy) is 12. The standard InChI is InChI=1S/C33H54O14/c1-30(2)33(35)47-28-26-45-24-22-43-20-18-41-16-14-39-12-10-37-8-7-36-9-11-38-13-15-40-17-19-42-21-23-44-25-27-46-32-5-3-31(29-34)4-6-32/h3-6,29H,1,7-28H2,2H3. The van der Waals surface area contributed by atoms with Crippen LogP contribution in [0, 0.1) is 0 Å². The summed E-state index contributed by atoms with van der Waals surface area (Å²) in [6, 6.07) is 6.92. The van der Waals surface area contributed by atoms with Crippen LogP contribution in [-0.2, 0) is 56.9 Å². The molecule has 1 aromatic carbocycles. The number of hydrogen-bond acceptors (Lipinski definition) is 14. The fourth-order valence-corrected chi connectivity index (χ4v) is 3.26. The molecule has 0 aromatic heterocycles. The Bertz CT molecular complexity index is 867. The molecule has 0 unspecified atom stereocenters. The summed E-state index contributed by atoms with van der Waals surface area (Å²) in [7, 11) is 0. The van der Waals surface area contributed by atoms with Gasteiger partial charge in [0.1, 0.15) is 25.2 Å². The van der Waals surface area contributed by atoms with Crippen LogP contribution in [0.3, 0.4) is 0 Å². The van der Waals surface area contributed by atoms with Crippen molar-refractivity contribution in [2.45, 2.75) is 6.92 Å². The van der Waals surface area contributed by atoms with Crippen LogP contribution in [0.1, 0.15) is 17.3 Å². The molecule has 1 aromatic rings. The van der Waals surface area contributed by atoms with Crippen molar-refractivity contribution in [1.82, 2.24) is 0 Å². The molecular formula is C33H54O14. The van der Waals surface area contributed by atoms with E-state index in [-0.39, 0.29) is 6.61 Å². The first kappa shape index (κ1) is 42.5. The Morgan fingerprint density at radius 2 is 0.766 bits per heavy atom. The number of carbonyl (C=O) groups is 2. The second kappa shape index (κ2) is 33.4. The first-order chi connectivity index (χ1) is 23.1. The highest BCUT2D eigenvalue weighted by Gasteiger charge is 2.02. The lowest BCUT2D eigenvalue weighted by Crippen LogP contribution is -2.15. The molecule has 0 amide bonds. The van der Waals surface area contributed by atoms with Crippen LogP contribution >= 0.6 is 0 Å². The minimum absolute atomic E-state index is 0.195. The summed E-state index contributed by atoms with van der Waals surface area (Å²) in [6.45, 7) is 15.1. The number of hydrogen-bond donors (Lipinski definition) is 0. The van der Waals surface area contributed by atoms with Crippen LogP contribution in [0.5, 0.6) is 5.75 Å². The number of esters is 1. The molecule has 14 heteroatoms. The third kappa shape index (κ3) is 29.4. The summed E-state index contributed by atoms with van der Waals surface area (Å²) < 4.78 is 64.8. The van der Waals surface area contributed by atoms with Gasteiger partial charge in [0, 0.05) is 11.1 Å². The van der Waals surface area contributed by atoms with Crippen molar-refractivity contribution in [3.63, 3.8) is 0 Å². The van der Waals surface area contributed by atoms with Crippen LogP contribution in [0.25, 0.3) is 0 Å². The van der Waals surface area contributed by atoms with Crippen LogP contribution in [0.15, 0.2) is 36.4 Å². The van der Waals surface area contributed by atoms with Crippen molar-refractivity contribution in [2.75, 3.05) is 145 Å². The predicted molar refractivity (Wildman–Crippen MR) is 171 cm³/mol. The van der Waals surface area contributed by atoms with Gasteiger partial charge in [0.2, 0.25) is 0 Å². The lowest BCUT2D eigenvalue weighted by atomic mass is 10.2. The van der Waals surface area contributed by atoms with Crippen molar-refractivity contribution in [2.24, 2.45) is 0 Å². The summed E-state index contributed by atoms with van der Waals surface area (Å²) in [4.78, 5) is 21.8. The molecule has 270 valence electrons. The summed E-state index contributed by atoms with van der Waals surface area (Å²) in [5.74, 6) is 0.284. The highest BCUT2D eigenvalue weighted by atomic mass is 16.6. The van der Waals surface area contributed by atoms with Gasteiger partial charge in [-0.15, -0.1) is 0 Å². The Morgan fingerprint density at radius 1 is 0.489 bits per heavy atom. The van der Waals surface area contributed by atoms with Gasteiger partial charge < -0.3 is 56.8 Å². The van der Waals surface area contributed by atoms with E-state index in [4.69, 9.17) is 56.8 Å². The third-order valence-electron chi connectivity index (χ3n) is 5.67. The average molecular weight is 675 g/mol. The van der Waals surface area contributed by atoms with Crippen LogP contribution in [0.4, 0.5) is 0 Å². The van der Waals surface area contributed by atoms with E-state index in [9.17, 15) is 9.59 Å². The zero-order chi connectivity index (χ0) is 33.9. The fraction of sp³-hybridized carbons (Fsp3) is 0.697. The van der Waals surface area contributed by atoms with Crippen molar-refractivity contribution < 1.29 is 66.4 Å². The SMILES string of the molecule is C=C(C)C(=O)OCCOCCOCCOCCOCCOCCOCCOCCOCCOCCOCCOc1ccc(C=O)cc1. The lowest BCUT2D eigenvalue weighted by Gasteiger charge is -2.09. The Hall–Kier alpha value is -2.50. The molecule has 0 fully saturated rings. The third-order valence-corrected chi connectivity index (χ3v) is 5.67. The second-order valence-electron chi connectivity index (χ2n) is 9.58. The minimum atomic E-state index is -0.416. The molecule has 0 aliphatic rings. The monoisotopic (exact) mass is 674 g/mol. The van der Waals surface area contributed by atoms with E-state index in [2.05, 4.69) is 6.58 Å². The Morgan fingerprint density at radius 3 is 1.04 bits per heavy atom. The predicted octanol–water partition coefficient (Wildman–Crippen LogP) is 2.16. The Labute approximate surface area is 278 Å². The van der Waals surface area contributed by atoms with Crippen molar-refractivity contribution in [3.8, 4) is 5.75 Å². The van der Waals surface area contributed by atoms with Crippen molar-refractivity contribution in [1.29, 1.82) is 0 Å². The molecule has 0 heterocycles. The maximum atomic E-state index is 11.2. The molecule has 0 aliphatic carbocycles. The van der Waals surface area contributed by atoms with Gasteiger partial charge in [-0.05, 0) is 31.2 Å². The number of benzene rings is 1. The van der Waals surface area contributed by atoms with E-state index in [0.29, 0.717) is 156 Å². The molecule has 0 saturated carbocycles. The van der Waals surface area contributed by atoms with Gasteiger partial charge in [-0.1, -0.05) is 6.58 Å². The van der Waals surface area contributed by atoms with Gasteiger partial charge in [-0.25, -0.2) is 4.79 Å². The molecule has 14 nitrogen and oxygen atoms in total. The first-order valence-corrected chi connectivity index (χ1v) is 15.9. The Kier molecular flexibility index (Phi) is 30.2. The van der Waals surface area contributed by atoms with Gasteiger partial charge in [-0.2, -0.15) is 0 Å². The zero-order valence-corrected chi connectivity index (χ0v) is 27.9. The first-order valence-electron chi connectivity index (χ1n) is 15.9. The van der Waals surface area contributed by atoms with E-state index >= 15 is 0 Å². The van der Waals surface area contributed by atoms with Gasteiger partial charge in [0.05, 0.1) is 132 Å². The molecule has 0 atom stereocenters. The molecule has 0 N–H and O–H groups in total. The van der Waals surface area contributed by atoms with E-state index in [1.165, 1.54) is 0 Å². The summed E-state index contributed by atoms with van der Waals surface area (Å²) >= 11 is 0. The molecular weight excluding hydrogens is 620 g/mol. The summed E-state index contributed by atoms with van der Waals surface area (Å²) in [5.41, 5.74) is 0.981. The van der Waals surface area contributed by atoms with Crippen LogP contribution < -0.4 is 4.74 Å². The molecule has 0 saturated heterocycles. The van der Waals surface area contributed by atoms with E-state index < -0.39 is 5.97 Å². The Balaban J connectivity index is 1.65. The second-order valence-corrected chi connectivity index (χ2v) is 9.58. The van der Waals surface area contributed by atoms with Crippen molar-refractivity contribution in [3.05, 3.63) is 42.0 Å². The van der Waals surface area contributed by atoms with Crippen LogP contribution in [-0.4, -0.2) is 158 Å². The number of rotatable bonds is 36. The molecule has 47 heavy (non-hydrogen) atoms. The van der Waals surface area contributed by atoms with Gasteiger partial charge >= 0.3 is 5.97 Å². The minimum Gasteiger partial charge on any atom is -0.491 e. The lowest BCUT2D eigenvalue weighted by molar-refractivity contribution is -0.140. The molecule has 0 spiro atoms. The normalized spacial score (nSPS) is 11.1. The van der Waals surface area contributed by atoms with Gasteiger partial charge in [0.25, 0.3) is 0 Å². The summed E-state index contributed by atoms with van der Waals surface area (Å²) in [5, 5.41) is 0. The average Bonchev–Trinajstić information content (AvgIpc) is 3.08. The smallest absolute Gasteiger partial charge is 0.333 e. The quantitative estimate of drug-likeness (QED) is 0.0444. The van der Waals surface area contributed by atoms with E-state index in [0.717, 1.165) is 6.29 Å². The maximum Gasteiger partial charge on any atom is 0.333 e. The molecule has 1 rings (SSSR count). The van der Waals surface area contributed by atoms with Crippen molar-refractivity contribution >= 4 is 12.3 Å². The largest absolute Gasteiger partial charge is 0.491 e. The zero-order valence-electron chi connectivity index (χ0n) is 27.9. The topological polar surface area (TPSA) is 145 Å². The van der Waals surface area contributed by atoms with E-state index in [1.54, 1.807) is 31.2 Å². The number of aldehydes is 1. The fourth-order valence-electron chi connectivity index (χ4n) is 3.26. The molecule has 0 aliphatic heterocycles. The highest BCUT2D eigenvalue weighted by molar-refractivity contribution is 5.86. The van der Waals surface area contributed by atoms with Crippen LogP contribution in [0.2, 0.25) is 0 Å². The maximum absolute atomic E-state index is 11.2. The van der Waals surface area contributed by atoms with E-state index in [1.807, 2.05) is 0 Å². The summed E-state index contributed by atoms with van der Waals surface area (Å²) in [6.07, 6.45) is 0.795. The molecule has 0 bridgehead atoms.